The van der Waals surface area contributed by atoms with Crippen LogP contribution in [-0.4, -0.2) is 36.8 Å². The van der Waals surface area contributed by atoms with Gasteiger partial charge in [0.05, 0.1) is 6.33 Å². The number of carbonyl (C=O) groups excluding carboxylic acids is 1. The van der Waals surface area contributed by atoms with Crippen molar-refractivity contribution in [3.05, 3.63) is 61.0 Å². The van der Waals surface area contributed by atoms with Crippen molar-refractivity contribution in [1.29, 1.82) is 0 Å². The Morgan fingerprint density at radius 1 is 1.17 bits per heavy atom. The molecule has 0 radical (unpaired) electrons. The molecule has 0 atom stereocenters. The molecule has 3 aromatic rings. The molecular weight excluding hydrogens is 304 g/mol. The summed E-state index contributed by atoms with van der Waals surface area (Å²) < 4.78 is 3.69. The van der Waals surface area contributed by atoms with E-state index < -0.39 is 0 Å². The number of anilines is 1. The van der Waals surface area contributed by atoms with Crippen LogP contribution in [0.1, 0.15) is 12.0 Å². The van der Waals surface area contributed by atoms with Crippen LogP contribution in [-0.2, 0) is 11.3 Å². The van der Waals surface area contributed by atoms with Gasteiger partial charge in [-0.15, -0.1) is 0 Å². The van der Waals surface area contributed by atoms with Crippen LogP contribution in [0.3, 0.4) is 0 Å². The second-order valence-corrected chi connectivity index (χ2v) is 5.52. The van der Waals surface area contributed by atoms with Gasteiger partial charge in [0.15, 0.2) is 0 Å². The normalized spacial score (nSPS) is 14.1. The highest BCUT2D eigenvalue weighted by atomic mass is 16.2. The summed E-state index contributed by atoms with van der Waals surface area (Å²) in [5.41, 5.74) is 1.99. The average molecular weight is 320 g/mol. The van der Waals surface area contributed by atoms with E-state index in [1.807, 2.05) is 41.1 Å². The molecule has 24 heavy (non-hydrogen) atoms. The first-order valence-electron chi connectivity index (χ1n) is 7.77. The lowest BCUT2D eigenvalue weighted by Crippen LogP contribution is -2.37. The van der Waals surface area contributed by atoms with Gasteiger partial charge >= 0.3 is 0 Å². The van der Waals surface area contributed by atoms with Gasteiger partial charge < -0.3 is 4.57 Å². The monoisotopic (exact) mass is 320 g/mol. The van der Waals surface area contributed by atoms with Crippen molar-refractivity contribution in [2.24, 2.45) is 0 Å². The molecule has 1 aromatic carbocycles. The van der Waals surface area contributed by atoms with Gasteiger partial charge in [-0.1, -0.05) is 12.1 Å². The second-order valence-electron chi connectivity index (χ2n) is 5.52. The number of amides is 1. The molecule has 120 valence electrons. The van der Waals surface area contributed by atoms with E-state index in [2.05, 4.69) is 15.1 Å². The molecule has 0 N–H and O–H groups in total. The number of fused-ring (bicyclic) bond motifs is 1. The summed E-state index contributed by atoms with van der Waals surface area (Å²) in [6.45, 7) is 1.47. The fourth-order valence-electron chi connectivity index (χ4n) is 2.74. The van der Waals surface area contributed by atoms with E-state index in [0.29, 0.717) is 12.5 Å². The van der Waals surface area contributed by atoms with Crippen molar-refractivity contribution in [3.8, 4) is 5.69 Å². The van der Waals surface area contributed by atoms with Crippen LogP contribution in [0.4, 0.5) is 5.95 Å². The molecule has 7 heteroatoms. The van der Waals surface area contributed by atoms with E-state index in [9.17, 15) is 4.79 Å². The van der Waals surface area contributed by atoms with Crippen molar-refractivity contribution < 1.29 is 4.79 Å². The van der Waals surface area contributed by atoms with Gasteiger partial charge in [0.25, 0.3) is 5.91 Å². The number of aryl methyl sites for hydroxylation is 1. The number of imidazole rings is 1. The maximum atomic E-state index is 12.4. The highest BCUT2D eigenvalue weighted by Crippen LogP contribution is 2.17. The predicted molar refractivity (Wildman–Crippen MR) is 89.6 cm³/mol. The molecule has 0 saturated carbocycles. The largest absolute Gasteiger partial charge is 0.306 e. The number of aromatic nitrogens is 5. The number of rotatable bonds is 3. The summed E-state index contributed by atoms with van der Waals surface area (Å²) in [6, 6.07) is 7.92. The van der Waals surface area contributed by atoms with Gasteiger partial charge in [-0.3, -0.25) is 9.69 Å². The minimum absolute atomic E-state index is 0.0809. The van der Waals surface area contributed by atoms with Gasteiger partial charge in [0.1, 0.15) is 6.33 Å². The zero-order chi connectivity index (χ0) is 16.4. The number of benzene rings is 1. The topological polar surface area (TPSA) is 68.8 Å². The lowest BCUT2D eigenvalue weighted by atomic mass is 10.2. The summed E-state index contributed by atoms with van der Waals surface area (Å²) in [5, 5.41) is 4.12. The number of nitrogens with zero attached hydrogens (tertiary/aromatic N) is 6. The minimum Gasteiger partial charge on any atom is -0.306 e. The highest BCUT2D eigenvalue weighted by molar-refractivity contribution is 6.02. The van der Waals surface area contributed by atoms with E-state index in [0.717, 1.165) is 24.2 Å². The van der Waals surface area contributed by atoms with E-state index in [4.69, 9.17) is 0 Å². The summed E-state index contributed by atoms with van der Waals surface area (Å²) in [6.07, 6.45) is 11.1. The van der Waals surface area contributed by atoms with Crippen LogP contribution < -0.4 is 4.90 Å². The Hall–Kier alpha value is -3.22. The van der Waals surface area contributed by atoms with E-state index in [1.165, 1.54) is 6.33 Å². The molecule has 3 heterocycles. The summed E-state index contributed by atoms with van der Waals surface area (Å²) in [5.74, 6) is 0.536. The molecule has 1 amide bonds. The molecule has 0 fully saturated rings. The van der Waals surface area contributed by atoms with Crippen molar-refractivity contribution >= 4 is 17.9 Å². The van der Waals surface area contributed by atoms with Crippen LogP contribution in [0.15, 0.2) is 55.4 Å². The smallest absolute Gasteiger partial charge is 0.253 e. The van der Waals surface area contributed by atoms with E-state index in [-0.39, 0.29) is 5.91 Å². The number of hydrogen-bond donors (Lipinski definition) is 0. The van der Waals surface area contributed by atoms with Gasteiger partial charge in [0, 0.05) is 37.2 Å². The lowest BCUT2D eigenvalue weighted by Gasteiger charge is -2.24. The number of carbonyl (C=O) groups is 1. The molecule has 1 aliphatic heterocycles. The maximum Gasteiger partial charge on any atom is 0.253 e. The van der Waals surface area contributed by atoms with Crippen molar-refractivity contribution in [2.45, 2.75) is 13.0 Å². The third-order valence-electron chi connectivity index (χ3n) is 3.97. The van der Waals surface area contributed by atoms with Crippen LogP contribution in [0.25, 0.3) is 11.8 Å². The van der Waals surface area contributed by atoms with Crippen LogP contribution >= 0.6 is 0 Å². The fourth-order valence-corrected chi connectivity index (χ4v) is 2.74. The molecule has 0 bridgehead atoms. The molecule has 4 rings (SSSR count). The first kappa shape index (κ1) is 14.4. The first-order chi connectivity index (χ1) is 11.8. The van der Waals surface area contributed by atoms with Crippen molar-refractivity contribution in [3.63, 3.8) is 0 Å². The average Bonchev–Trinajstić information content (AvgIpc) is 3.31. The highest BCUT2D eigenvalue weighted by Gasteiger charge is 2.22. The summed E-state index contributed by atoms with van der Waals surface area (Å²) in [7, 11) is 0. The van der Waals surface area contributed by atoms with Crippen molar-refractivity contribution in [2.75, 3.05) is 11.4 Å². The molecular formula is C17H16N6O. The Morgan fingerprint density at radius 3 is 2.83 bits per heavy atom. The zero-order valence-electron chi connectivity index (χ0n) is 13.0. The Morgan fingerprint density at radius 2 is 2.04 bits per heavy atom. The predicted octanol–water partition coefficient (Wildman–Crippen LogP) is 1.91. The Labute approximate surface area is 138 Å². The Kier molecular flexibility index (Phi) is 3.66. The van der Waals surface area contributed by atoms with Gasteiger partial charge in [-0.25, -0.2) is 9.67 Å². The fraction of sp³-hybridized carbons (Fsp3) is 0.176. The molecule has 7 nitrogen and oxygen atoms in total. The lowest BCUT2D eigenvalue weighted by molar-refractivity contribution is -0.114. The Bertz CT molecular complexity index is 863. The number of hydrogen-bond acceptors (Lipinski definition) is 4. The molecule has 0 spiro atoms. The summed E-state index contributed by atoms with van der Waals surface area (Å²) in [4.78, 5) is 22.3. The second kappa shape index (κ2) is 6.11. The van der Waals surface area contributed by atoms with Crippen LogP contribution in [0.5, 0.6) is 0 Å². The van der Waals surface area contributed by atoms with Gasteiger partial charge in [-0.2, -0.15) is 10.1 Å². The summed E-state index contributed by atoms with van der Waals surface area (Å²) >= 11 is 0. The Balaban J connectivity index is 1.48. The third-order valence-corrected chi connectivity index (χ3v) is 3.97. The van der Waals surface area contributed by atoms with Crippen molar-refractivity contribution in [1.82, 2.24) is 24.3 Å². The third kappa shape index (κ3) is 2.71. The van der Waals surface area contributed by atoms with Crippen LogP contribution in [0.2, 0.25) is 0 Å². The minimum atomic E-state index is -0.0809. The maximum absolute atomic E-state index is 12.4. The standard InChI is InChI=1S/C17H16N6O/c24-16(22-9-1-10-23-17(22)19-12-20-23)7-4-14-2-5-15(6-3-14)21-11-8-18-13-21/h2-8,11-13H,1,9-10H2/b7-4-. The molecule has 1 aliphatic rings. The van der Waals surface area contributed by atoms with Crippen LogP contribution in [0, 0.1) is 0 Å². The zero-order valence-corrected chi connectivity index (χ0v) is 13.0. The first-order valence-corrected chi connectivity index (χ1v) is 7.77. The van der Waals surface area contributed by atoms with E-state index in [1.54, 1.807) is 28.2 Å². The molecule has 0 unspecified atom stereocenters. The molecule has 0 saturated heterocycles. The van der Waals surface area contributed by atoms with Gasteiger partial charge in [0.2, 0.25) is 5.95 Å². The molecule has 0 aliphatic carbocycles. The SMILES string of the molecule is O=C(/C=C\c1ccc(-n2ccnc2)cc1)N1CCCn2ncnc21. The quantitative estimate of drug-likeness (QED) is 0.691. The van der Waals surface area contributed by atoms with Gasteiger partial charge in [-0.05, 0) is 30.2 Å². The molecule has 2 aromatic heterocycles. The van der Waals surface area contributed by atoms with E-state index >= 15 is 0 Å².